The predicted octanol–water partition coefficient (Wildman–Crippen LogP) is 2.88. The van der Waals surface area contributed by atoms with E-state index in [1.54, 1.807) is 6.07 Å². The van der Waals surface area contributed by atoms with Crippen molar-refractivity contribution in [2.45, 2.75) is 25.6 Å². The van der Waals surface area contributed by atoms with Crippen molar-refractivity contribution in [2.75, 3.05) is 13.9 Å². The van der Waals surface area contributed by atoms with Crippen LogP contribution >= 0.6 is 11.6 Å². The molecule has 19 heavy (non-hydrogen) atoms. The van der Waals surface area contributed by atoms with Crippen LogP contribution in [0.25, 0.3) is 0 Å². The number of ether oxygens (including phenoxy) is 3. The second-order valence-electron chi connectivity index (χ2n) is 3.90. The van der Waals surface area contributed by atoms with Crippen LogP contribution in [0.3, 0.4) is 0 Å². The number of rotatable bonds is 7. The zero-order chi connectivity index (χ0) is 14.3. The number of carbonyl (C=O) groups excluding carboxylic acids is 1. The third kappa shape index (κ3) is 4.70. The highest BCUT2D eigenvalue weighted by Crippen LogP contribution is 2.31. The molecule has 0 radical (unpaired) electrons. The number of amides is 1. The maximum atomic E-state index is 10.9. The first-order valence-electron chi connectivity index (χ1n) is 5.91. The minimum Gasteiger partial charge on any atom is -0.443 e. The Hall–Kier alpha value is -1.30. The first kappa shape index (κ1) is 15.8. The van der Waals surface area contributed by atoms with Gasteiger partial charge >= 0.3 is 6.09 Å². The summed E-state index contributed by atoms with van der Waals surface area (Å²) in [7, 11) is 1.51. The third-order valence-electron chi connectivity index (χ3n) is 2.58. The van der Waals surface area contributed by atoms with Gasteiger partial charge in [0.1, 0.15) is 19.0 Å². The molecule has 1 aromatic rings. The van der Waals surface area contributed by atoms with E-state index in [0.29, 0.717) is 11.4 Å². The van der Waals surface area contributed by atoms with Crippen molar-refractivity contribution in [1.82, 2.24) is 0 Å². The Morgan fingerprint density at radius 2 is 2.11 bits per heavy atom. The lowest BCUT2D eigenvalue weighted by Crippen LogP contribution is -2.30. The van der Waals surface area contributed by atoms with Crippen molar-refractivity contribution < 1.29 is 19.0 Å². The van der Waals surface area contributed by atoms with Gasteiger partial charge in [-0.25, -0.2) is 4.79 Å². The molecular weight excluding hydrogens is 270 g/mol. The van der Waals surface area contributed by atoms with Crippen molar-refractivity contribution in [3.63, 3.8) is 0 Å². The van der Waals surface area contributed by atoms with E-state index in [4.69, 9.17) is 31.5 Å². The van der Waals surface area contributed by atoms with Crippen LogP contribution in [-0.2, 0) is 14.2 Å². The number of hydrogen-bond donors (Lipinski definition) is 1. The van der Waals surface area contributed by atoms with E-state index in [-0.39, 0.29) is 6.79 Å². The smallest absolute Gasteiger partial charge is 0.404 e. The monoisotopic (exact) mass is 287 g/mol. The number of halogens is 1. The highest BCUT2D eigenvalue weighted by molar-refractivity contribution is 6.31. The van der Waals surface area contributed by atoms with E-state index < -0.39 is 18.3 Å². The van der Waals surface area contributed by atoms with Crippen molar-refractivity contribution in [3.8, 4) is 0 Å². The second-order valence-corrected chi connectivity index (χ2v) is 4.31. The van der Waals surface area contributed by atoms with Gasteiger partial charge in [-0.2, -0.15) is 0 Å². The summed E-state index contributed by atoms with van der Waals surface area (Å²) in [6.45, 7) is 1.93. The number of nitrogens with two attached hydrogens (primary N) is 1. The fourth-order valence-corrected chi connectivity index (χ4v) is 2.00. The van der Waals surface area contributed by atoms with E-state index >= 15 is 0 Å². The molecule has 0 saturated heterocycles. The summed E-state index contributed by atoms with van der Waals surface area (Å²) in [6.07, 6.45) is -1.34. The number of benzene rings is 1. The Balaban J connectivity index is 2.98. The first-order valence-corrected chi connectivity index (χ1v) is 6.29. The molecule has 0 heterocycles. The summed E-state index contributed by atoms with van der Waals surface area (Å²) >= 11 is 6.14. The Morgan fingerprint density at radius 3 is 2.63 bits per heavy atom. The van der Waals surface area contributed by atoms with Crippen molar-refractivity contribution in [3.05, 3.63) is 34.9 Å². The molecular formula is C13H18ClNO4. The standard InChI is InChI=1S/C13H18ClNO4/c1-3-11(19-13(15)16)12(18-8-17-2)9-6-4-5-7-10(9)14/h4-7,11-12H,3,8H2,1-2H3,(H2,15,16). The molecule has 1 aromatic carbocycles. The van der Waals surface area contributed by atoms with Crippen molar-refractivity contribution in [1.29, 1.82) is 0 Å². The predicted molar refractivity (Wildman–Crippen MR) is 71.9 cm³/mol. The Bertz CT molecular complexity index is 413. The quantitative estimate of drug-likeness (QED) is 0.783. The average molecular weight is 288 g/mol. The second kappa shape index (κ2) is 7.99. The Labute approximate surface area is 117 Å². The normalized spacial score (nSPS) is 13.8. The first-order chi connectivity index (χ1) is 9.10. The molecule has 2 N–H and O–H groups in total. The maximum Gasteiger partial charge on any atom is 0.404 e. The van der Waals surface area contributed by atoms with Crippen LogP contribution < -0.4 is 5.73 Å². The Kier molecular flexibility index (Phi) is 6.62. The van der Waals surface area contributed by atoms with Crippen LogP contribution in [0.4, 0.5) is 4.79 Å². The zero-order valence-electron chi connectivity index (χ0n) is 11.0. The van der Waals surface area contributed by atoms with Gasteiger partial charge in [-0.15, -0.1) is 0 Å². The van der Waals surface area contributed by atoms with E-state index in [2.05, 4.69) is 0 Å². The fraction of sp³-hybridized carbons (Fsp3) is 0.462. The molecule has 106 valence electrons. The number of methoxy groups -OCH3 is 1. The van der Waals surface area contributed by atoms with Gasteiger partial charge in [0.05, 0.1) is 0 Å². The van der Waals surface area contributed by atoms with Crippen molar-refractivity contribution in [2.24, 2.45) is 5.73 Å². The highest BCUT2D eigenvalue weighted by Gasteiger charge is 2.27. The van der Waals surface area contributed by atoms with Gasteiger partial charge < -0.3 is 19.9 Å². The van der Waals surface area contributed by atoms with Gasteiger partial charge in [-0.05, 0) is 12.5 Å². The van der Waals surface area contributed by atoms with Gasteiger partial charge in [-0.3, -0.25) is 0 Å². The van der Waals surface area contributed by atoms with Crippen LogP contribution in [-0.4, -0.2) is 26.1 Å². The van der Waals surface area contributed by atoms with E-state index in [1.165, 1.54) is 7.11 Å². The minimum atomic E-state index is -0.843. The van der Waals surface area contributed by atoms with Gasteiger partial charge in [0.15, 0.2) is 0 Å². The van der Waals surface area contributed by atoms with Gasteiger partial charge in [-0.1, -0.05) is 36.7 Å². The SMILES string of the molecule is CCC(OC(N)=O)C(OCOC)c1ccccc1Cl. The molecule has 1 amide bonds. The van der Waals surface area contributed by atoms with Crippen LogP contribution in [0.15, 0.2) is 24.3 Å². The molecule has 0 aliphatic rings. The summed E-state index contributed by atoms with van der Waals surface area (Å²) < 4.78 is 15.5. The lowest BCUT2D eigenvalue weighted by atomic mass is 10.0. The average Bonchev–Trinajstić information content (AvgIpc) is 2.39. The summed E-state index contributed by atoms with van der Waals surface area (Å²) in [5.41, 5.74) is 5.80. The topological polar surface area (TPSA) is 70.8 Å². The largest absolute Gasteiger partial charge is 0.443 e. The molecule has 0 aliphatic carbocycles. The summed E-state index contributed by atoms with van der Waals surface area (Å²) in [4.78, 5) is 10.9. The molecule has 5 nitrogen and oxygen atoms in total. The molecule has 0 spiro atoms. The Morgan fingerprint density at radius 1 is 1.42 bits per heavy atom. The molecule has 0 aromatic heterocycles. The van der Waals surface area contributed by atoms with Gasteiger partial charge in [0.2, 0.25) is 0 Å². The maximum absolute atomic E-state index is 10.9. The zero-order valence-corrected chi connectivity index (χ0v) is 11.7. The lowest BCUT2D eigenvalue weighted by molar-refractivity contribution is -0.115. The molecule has 0 bridgehead atoms. The molecule has 6 heteroatoms. The highest BCUT2D eigenvalue weighted by atomic mass is 35.5. The van der Waals surface area contributed by atoms with E-state index in [0.717, 1.165) is 5.56 Å². The van der Waals surface area contributed by atoms with Crippen LogP contribution in [0.2, 0.25) is 5.02 Å². The lowest BCUT2D eigenvalue weighted by Gasteiger charge is -2.26. The molecule has 2 atom stereocenters. The summed E-state index contributed by atoms with van der Waals surface area (Å²) in [6, 6.07) is 7.21. The molecule has 1 rings (SSSR count). The molecule has 0 saturated carbocycles. The van der Waals surface area contributed by atoms with E-state index in [9.17, 15) is 4.79 Å². The van der Waals surface area contributed by atoms with Gasteiger partial charge in [0, 0.05) is 17.7 Å². The minimum absolute atomic E-state index is 0.0640. The fourth-order valence-electron chi connectivity index (χ4n) is 1.75. The molecule has 0 aliphatic heterocycles. The molecule has 2 unspecified atom stereocenters. The summed E-state index contributed by atoms with van der Waals surface area (Å²) in [5, 5.41) is 0.537. The number of hydrogen-bond acceptors (Lipinski definition) is 4. The van der Waals surface area contributed by atoms with Crippen LogP contribution in [0.5, 0.6) is 0 Å². The number of primary amides is 1. The van der Waals surface area contributed by atoms with E-state index in [1.807, 2.05) is 25.1 Å². The number of carbonyl (C=O) groups is 1. The summed E-state index contributed by atoms with van der Waals surface area (Å²) in [5.74, 6) is 0. The third-order valence-corrected chi connectivity index (χ3v) is 2.93. The van der Waals surface area contributed by atoms with Crippen LogP contribution in [0.1, 0.15) is 25.0 Å². The van der Waals surface area contributed by atoms with Gasteiger partial charge in [0.25, 0.3) is 0 Å². The van der Waals surface area contributed by atoms with Crippen LogP contribution in [0, 0.1) is 0 Å². The van der Waals surface area contributed by atoms with Crippen molar-refractivity contribution >= 4 is 17.7 Å². The molecule has 0 fully saturated rings.